The molecule has 1 aromatic carbocycles. The molecule has 1 atom stereocenters. The van der Waals surface area contributed by atoms with Gasteiger partial charge in [-0.05, 0) is 30.4 Å². The van der Waals surface area contributed by atoms with E-state index in [4.69, 9.17) is 0 Å². The van der Waals surface area contributed by atoms with E-state index in [-0.39, 0.29) is 35.8 Å². The molecule has 0 aliphatic carbocycles. The van der Waals surface area contributed by atoms with Crippen molar-refractivity contribution >= 4 is 27.3 Å². The largest absolute Gasteiger partial charge is 0.330 e. The molecule has 7 heteroatoms. The van der Waals surface area contributed by atoms with Gasteiger partial charge < -0.3 is 10.2 Å². The van der Waals surface area contributed by atoms with E-state index in [1.54, 1.807) is 0 Å². The third kappa shape index (κ3) is 4.81. The molecule has 1 N–H and O–H groups in total. The van der Waals surface area contributed by atoms with E-state index in [9.17, 15) is 18.0 Å². The molecule has 0 spiro atoms. The Balaban J connectivity index is 2.14. The first-order valence-electron chi connectivity index (χ1n) is 8.47. The SMILES string of the molecule is CC(=O)N(CC(=O)Nc1c(C)cccc1C(C)C)C1CCS(=O)(=O)C1. The number of para-hydroxylation sites is 1. The Bertz CT molecular complexity index is 771. The van der Waals surface area contributed by atoms with Gasteiger partial charge in [0.2, 0.25) is 11.8 Å². The van der Waals surface area contributed by atoms with Crippen LogP contribution in [0.5, 0.6) is 0 Å². The summed E-state index contributed by atoms with van der Waals surface area (Å²) in [4.78, 5) is 25.8. The van der Waals surface area contributed by atoms with Crippen molar-refractivity contribution in [2.75, 3.05) is 23.4 Å². The van der Waals surface area contributed by atoms with Crippen molar-refractivity contribution in [3.63, 3.8) is 0 Å². The zero-order valence-corrected chi connectivity index (χ0v) is 16.0. The van der Waals surface area contributed by atoms with Gasteiger partial charge >= 0.3 is 0 Å². The standard InChI is InChI=1S/C18H26N2O4S/c1-12(2)16-7-5-6-13(3)18(16)19-17(22)10-20(14(4)21)15-8-9-25(23,24)11-15/h5-7,12,15H,8-11H2,1-4H3,(H,19,22). The van der Waals surface area contributed by atoms with Crippen molar-refractivity contribution < 1.29 is 18.0 Å². The summed E-state index contributed by atoms with van der Waals surface area (Å²) >= 11 is 0. The lowest BCUT2D eigenvalue weighted by atomic mass is 9.98. The zero-order valence-electron chi connectivity index (χ0n) is 15.2. The van der Waals surface area contributed by atoms with Gasteiger partial charge in [0.25, 0.3) is 0 Å². The number of benzene rings is 1. The van der Waals surface area contributed by atoms with E-state index in [1.807, 2.05) is 25.1 Å². The molecule has 1 fully saturated rings. The van der Waals surface area contributed by atoms with Gasteiger partial charge in [-0.15, -0.1) is 0 Å². The van der Waals surface area contributed by atoms with E-state index in [0.29, 0.717) is 6.42 Å². The summed E-state index contributed by atoms with van der Waals surface area (Å²) in [6.45, 7) is 7.26. The average molecular weight is 366 g/mol. The molecule has 6 nitrogen and oxygen atoms in total. The van der Waals surface area contributed by atoms with Crippen molar-refractivity contribution in [2.45, 2.75) is 46.1 Å². The Morgan fingerprint density at radius 2 is 2.00 bits per heavy atom. The molecule has 2 rings (SSSR count). The summed E-state index contributed by atoms with van der Waals surface area (Å²) in [6.07, 6.45) is 0.386. The zero-order chi connectivity index (χ0) is 18.8. The predicted octanol–water partition coefficient (Wildman–Crippen LogP) is 2.09. The maximum Gasteiger partial charge on any atom is 0.244 e. The molecule has 1 saturated heterocycles. The molecule has 1 aromatic rings. The monoisotopic (exact) mass is 366 g/mol. The maximum atomic E-state index is 12.5. The Morgan fingerprint density at radius 3 is 2.52 bits per heavy atom. The van der Waals surface area contributed by atoms with E-state index in [0.717, 1.165) is 16.8 Å². The molecule has 0 bridgehead atoms. The van der Waals surface area contributed by atoms with Crippen LogP contribution in [0.25, 0.3) is 0 Å². The van der Waals surface area contributed by atoms with Crippen molar-refractivity contribution in [1.29, 1.82) is 0 Å². The van der Waals surface area contributed by atoms with Crippen LogP contribution in [0.15, 0.2) is 18.2 Å². The minimum Gasteiger partial charge on any atom is -0.330 e. The molecule has 0 saturated carbocycles. The highest BCUT2D eigenvalue weighted by Crippen LogP contribution is 2.27. The van der Waals surface area contributed by atoms with E-state index >= 15 is 0 Å². The van der Waals surface area contributed by atoms with E-state index in [1.165, 1.54) is 11.8 Å². The molecule has 0 aromatic heterocycles. The first-order chi connectivity index (χ1) is 11.6. The van der Waals surface area contributed by atoms with Crippen molar-refractivity contribution in [1.82, 2.24) is 4.90 Å². The molecule has 1 unspecified atom stereocenters. The second-order valence-corrected chi connectivity index (χ2v) is 9.17. The van der Waals surface area contributed by atoms with Crippen LogP contribution in [0, 0.1) is 6.92 Å². The number of carbonyl (C=O) groups is 2. The molecule has 1 aliphatic heterocycles. The number of hydrogen-bond donors (Lipinski definition) is 1. The third-order valence-electron chi connectivity index (χ3n) is 4.56. The first-order valence-corrected chi connectivity index (χ1v) is 10.3. The van der Waals surface area contributed by atoms with Gasteiger partial charge in [-0.1, -0.05) is 32.0 Å². The number of anilines is 1. The first kappa shape index (κ1) is 19.4. The normalized spacial score (nSPS) is 19.0. The van der Waals surface area contributed by atoms with Crippen LogP contribution in [-0.2, 0) is 19.4 Å². The van der Waals surface area contributed by atoms with Crippen LogP contribution in [0.1, 0.15) is 44.2 Å². The molecular formula is C18H26N2O4S. The smallest absolute Gasteiger partial charge is 0.244 e. The molecule has 2 amide bonds. The summed E-state index contributed by atoms with van der Waals surface area (Å²) in [7, 11) is -3.12. The van der Waals surface area contributed by atoms with Crippen LogP contribution in [0.2, 0.25) is 0 Å². The third-order valence-corrected chi connectivity index (χ3v) is 6.31. The van der Waals surface area contributed by atoms with Crippen molar-refractivity contribution in [2.24, 2.45) is 0 Å². The summed E-state index contributed by atoms with van der Waals surface area (Å²) in [5.41, 5.74) is 2.76. The van der Waals surface area contributed by atoms with Gasteiger partial charge in [0.05, 0.1) is 11.5 Å². The number of sulfone groups is 1. The molecular weight excluding hydrogens is 340 g/mol. The lowest BCUT2D eigenvalue weighted by molar-refractivity contribution is -0.134. The fraction of sp³-hybridized carbons (Fsp3) is 0.556. The number of hydrogen-bond acceptors (Lipinski definition) is 4. The number of aryl methyl sites for hydroxylation is 1. The van der Waals surface area contributed by atoms with Gasteiger partial charge in [-0.2, -0.15) is 0 Å². The Kier molecular flexibility index (Phi) is 5.87. The van der Waals surface area contributed by atoms with Gasteiger partial charge in [0.15, 0.2) is 9.84 Å². The highest BCUT2D eigenvalue weighted by atomic mass is 32.2. The number of nitrogens with one attached hydrogen (secondary N) is 1. The quantitative estimate of drug-likeness (QED) is 0.865. The Hall–Kier alpha value is -1.89. The van der Waals surface area contributed by atoms with E-state index < -0.39 is 15.9 Å². The Morgan fingerprint density at radius 1 is 1.32 bits per heavy atom. The second kappa shape index (κ2) is 7.56. The number of nitrogens with zero attached hydrogens (tertiary/aromatic N) is 1. The molecule has 138 valence electrons. The lowest BCUT2D eigenvalue weighted by Crippen LogP contribution is -2.44. The number of carbonyl (C=O) groups excluding carboxylic acids is 2. The molecule has 25 heavy (non-hydrogen) atoms. The summed E-state index contributed by atoms with van der Waals surface area (Å²) in [5, 5.41) is 2.91. The average Bonchev–Trinajstić information content (AvgIpc) is 2.86. The van der Waals surface area contributed by atoms with Gasteiger partial charge in [0, 0.05) is 18.7 Å². The van der Waals surface area contributed by atoms with Crippen LogP contribution < -0.4 is 5.32 Å². The lowest BCUT2D eigenvalue weighted by Gasteiger charge is -2.27. The predicted molar refractivity (Wildman–Crippen MR) is 98.3 cm³/mol. The van der Waals surface area contributed by atoms with Crippen molar-refractivity contribution in [3.8, 4) is 0 Å². The highest BCUT2D eigenvalue weighted by Gasteiger charge is 2.34. The van der Waals surface area contributed by atoms with Gasteiger partial charge in [-0.3, -0.25) is 9.59 Å². The van der Waals surface area contributed by atoms with E-state index in [2.05, 4.69) is 19.2 Å². The molecule has 1 aliphatic rings. The Labute approximate surface area is 149 Å². The van der Waals surface area contributed by atoms with Crippen LogP contribution >= 0.6 is 0 Å². The number of rotatable bonds is 5. The number of amides is 2. The van der Waals surface area contributed by atoms with Crippen LogP contribution in [0.3, 0.4) is 0 Å². The van der Waals surface area contributed by atoms with Crippen LogP contribution in [0.4, 0.5) is 5.69 Å². The summed E-state index contributed by atoms with van der Waals surface area (Å²) in [6, 6.07) is 5.42. The van der Waals surface area contributed by atoms with Gasteiger partial charge in [0.1, 0.15) is 6.54 Å². The maximum absolute atomic E-state index is 12.5. The van der Waals surface area contributed by atoms with Gasteiger partial charge in [-0.25, -0.2) is 8.42 Å². The second-order valence-electron chi connectivity index (χ2n) is 6.95. The molecule has 0 radical (unpaired) electrons. The van der Waals surface area contributed by atoms with Crippen molar-refractivity contribution in [3.05, 3.63) is 29.3 Å². The fourth-order valence-corrected chi connectivity index (χ4v) is 4.93. The fourth-order valence-electron chi connectivity index (χ4n) is 3.19. The van der Waals surface area contributed by atoms with Crippen LogP contribution in [-0.4, -0.2) is 49.2 Å². The topological polar surface area (TPSA) is 83.6 Å². The highest BCUT2D eigenvalue weighted by molar-refractivity contribution is 7.91. The molecule has 1 heterocycles. The summed E-state index contributed by atoms with van der Waals surface area (Å²) < 4.78 is 23.3. The minimum absolute atomic E-state index is 0.0678. The minimum atomic E-state index is -3.12. The summed E-state index contributed by atoms with van der Waals surface area (Å²) in [5.74, 6) is -0.347.